The molecule has 1 aromatic carbocycles. The Morgan fingerprint density at radius 3 is 2.47 bits per heavy atom. The van der Waals surface area contributed by atoms with E-state index in [1.807, 2.05) is 19.0 Å². The predicted molar refractivity (Wildman–Crippen MR) is 68.6 cm³/mol. The molecule has 1 aromatic rings. The van der Waals surface area contributed by atoms with E-state index >= 15 is 0 Å². The molecule has 106 valence electrons. The zero-order valence-corrected chi connectivity index (χ0v) is 11.0. The first-order valence-electron chi connectivity index (χ1n) is 5.97. The lowest BCUT2D eigenvalue weighted by Crippen LogP contribution is -2.27. The Morgan fingerprint density at radius 1 is 1.32 bits per heavy atom. The van der Waals surface area contributed by atoms with E-state index in [9.17, 15) is 13.6 Å². The summed E-state index contributed by atoms with van der Waals surface area (Å²) in [6.45, 7) is -1.39. The summed E-state index contributed by atoms with van der Waals surface area (Å²) in [4.78, 5) is 13.7. The van der Waals surface area contributed by atoms with E-state index in [0.717, 1.165) is 13.0 Å². The van der Waals surface area contributed by atoms with Crippen molar-refractivity contribution in [2.75, 3.05) is 27.2 Å². The molecule has 0 unspecified atom stereocenters. The van der Waals surface area contributed by atoms with Crippen molar-refractivity contribution in [3.63, 3.8) is 0 Å². The van der Waals surface area contributed by atoms with Crippen molar-refractivity contribution >= 4 is 5.91 Å². The van der Waals surface area contributed by atoms with E-state index in [1.165, 1.54) is 24.3 Å². The van der Waals surface area contributed by atoms with Gasteiger partial charge in [0, 0.05) is 12.1 Å². The highest BCUT2D eigenvalue weighted by molar-refractivity contribution is 5.94. The fourth-order valence-electron chi connectivity index (χ4n) is 1.49. The molecular formula is C13H18F2N2O2. The third kappa shape index (κ3) is 6.15. The second-order valence-electron chi connectivity index (χ2n) is 4.32. The number of rotatable bonds is 7. The van der Waals surface area contributed by atoms with Crippen LogP contribution in [0, 0.1) is 0 Å². The zero-order chi connectivity index (χ0) is 14.3. The number of nitrogens with zero attached hydrogens (tertiary/aromatic N) is 1. The Balaban J connectivity index is 2.40. The minimum absolute atomic E-state index is 0.0409. The minimum atomic E-state index is -2.86. The molecular weight excluding hydrogens is 254 g/mol. The molecule has 0 saturated heterocycles. The van der Waals surface area contributed by atoms with Crippen molar-refractivity contribution in [2.45, 2.75) is 13.0 Å². The second kappa shape index (κ2) is 7.68. The summed E-state index contributed by atoms with van der Waals surface area (Å²) in [6, 6.07) is 5.61. The summed E-state index contributed by atoms with van der Waals surface area (Å²) in [6.07, 6.45) is 0.852. The van der Waals surface area contributed by atoms with Crippen LogP contribution in [-0.2, 0) is 0 Å². The van der Waals surface area contributed by atoms with Gasteiger partial charge in [0.25, 0.3) is 5.91 Å². The fraction of sp³-hybridized carbons (Fsp3) is 0.462. The van der Waals surface area contributed by atoms with Crippen LogP contribution >= 0.6 is 0 Å². The number of halogens is 2. The molecule has 1 amide bonds. The van der Waals surface area contributed by atoms with Crippen LogP contribution in [0.1, 0.15) is 16.8 Å². The molecule has 0 atom stereocenters. The first-order valence-corrected chi connectivity index (χ1v) is 5.97. The number of carbonyl (C=O) groups excluding carboxylic acids is 1. The van der Waals surface area contributed by atoms with Crippen LogP contribution in [0.2, 0.25) is 0 Å². The number of benzene rings is 1. The van der Waals surface area contributed by atoms with E-state index in [-0.39, 0.29) is 11.7 Å². The van der Waals surface area contributed by atoms with Gasteiger partial charge >= 0.3 is 6.61 Å². The van der Waals surface area contributed by atoms with Crippen LogP contribution in [0.25, 0.3) is 0 Å². The summed E-state index contributed by atoms with van der Waals surface area (Å²) in [7, 11) is 3.92. The third-order valence-electron chi connectivity index (χ3n) is 2.41. The maximum Gasteiger partial charge on any atom is 0.387 e. The molecule has 0 bridgehead atoms. The Hall–Kier alpha value is -1.69. The van der Waals surface area contributed by atoms with Crippen LogP contribution in [-0.4, -0.2) is 44.6 Å². The van der Waals surface area contributed by atoms with Crippen LogP contribution in [0.5, 0.6) is 5.75 Å². The molecule has 6 heteroatoms. The van der Waals surface area contributed by atoms with Crippen molar-refractivity contribution in [1.29, 1.82) is 0 Å². The Bertz CT molecular complexity index is 394. The van der Waals surface area contributed by atoms with E-state index in [4.69, 9.17) is 0 Å². The number of alkyl halides is 2. The van der Waals surface area contributed by atoms with Crippen LogP contribution < -0.4 is 10.1 Å². The highest BCUT2D eigenvalue weighted by Gasteiger charge is 2.07. The quantitative estimate of drug-likeness (QED) is 0.772. The molecule has 19 heavy (non-hydrogen) atoms. The molecule has 0 fully saturated rings. The van der Waals surface area contributed by atoms with Gasteiger partial charge in [0.05, 0.1) is 0 Å². The van der Waals surface area contributed by atoms with Gasteiger partial charge in [0.1, 0.15) is 5.75 Å². The topological polar surface area (TPSA) is 41.6 Å². The molecule has 0 saturated carbocycles. The average molecular weight is 272 g/mol. The normalized spacial score (nSPS) is 10.8. The van der Waals surface area contributed by atoms with Gasteiger partial charge in [-0.1, -0.05) is 0 Å². The smallest absolute Gasteiger partial charge is 0.387 e. The van der Waals surface area contributed by atoms with E-state index in [0.29, 0.717) is 12.1 Å². The largest absolute Gasteiger partial charge is 0.435 e. The second-order valence-corrected chi connectivity index (χ2v) is 4.32. The van der Waals surface area contributed by atoms with Crippen molar-refractivity contribution in [2.24, 2.45) is 0 Å². The molecule has 1 N–H and O–H groups in total. The highest BCUT2D eigenvalue weighted by atomic mass is 19.3. The fourth-order valence-corrected chi connectivity index (χ4v) is 1.49. The molecule has 0 spiro atoms. The Labute approximate surface area is 111 Å². The molecule has 0 aliphatic carbocycles. The van der Waals surface area contributed by atoms with Gasteiger partial charge in [-0.15, -0.1) is 0 Å². The summed E-state index contributed by atoms with van der Waals surface area (Å²) < 4.78 is 28.1. The lowest BCUT2D eigenvalue weighted by atomic mass is 10.2. The highest BCUT2D eigenvalue weighted by Crippen LogP contribution is 2.14. The van der Waals surface area contributed by atoms with Gasteiger partial charge < -0.3 is 15.0 Å². The van der Waals surface area contributed by atoms with Gasteiger partial charge in [0.15, 0.2) is 0 Å². The van der Waals surface area contributed by atoms with E-state index < -0.39 is 6.61 Å². The molecule has 0 heterocycles. The van der Waals surface area contributed by atoms with Crippen molar-refractivity contribution in [1.82, 2.24) is 10.2 Å². The van der Waals surface area contributed by atoms with Crippen molar-refractivity contribution in [3.05, 3.63) is 29.8 Å². The number of ether oxygens (including phenoxy) is 1. The lowest BCUT2D eigenvalue weighted by Gasteiger charge is -2.10. The lowest BCUT2D eigenvalue weighted by molar-refractivity contribution is -0.0498. The maximum atomic E-state index is 11.9. The summed E-state index contributed by atoms with van der Waals surface area (Å²) >= 11 is 0. The molecule has 0 radical (unpaired) electrons. The van der Waals surface area contributed by atoms with Crippen molar-refractivity contribution in [3.8, 4) is 5.75 Å². The van der Waals surface area contributed by atoms with Gasteiger partial charge in [0.2, 0.25) is 0 Å². The Kier molecular flexibility index (Phi) is 6.21. The van der Waals surface area contributed by atoms with Gasteiger partial charge in [-0.2, -0.15) is 8.78 Å². The zero-order valence-electron chi connectivity index (χ0n) is 11.0. The van der Waals surface area contributed by atoms with Gasteiger partial charge in [-0.05, 0) is 51.3 Å². The van der Waals surface area contributed by atoms with Crippen molar-refractivity contribution < 1.29 is 18.3 Å². The molecule has 0 aliphatic rings. The van der Waals surface area contributed by atoms with Crippen LogP contribution in [0.4, 0.5) is 8.78 Å². The summed E-state index contributed by atoms with van der Waals surface area (Å²) in [5, 5.41) is 2.76. The van der Waals surface area contributed by atoms with Crippen LogP contribution in [0.3, 0.4) is 0 Å². The minimum Gasteiger partial charge on any atom is -0.435 e. The van der Waals surface area contributed by atoms with Gasteiger partial charge in [-0.3, -0.25) is 4.79 Å². The average Bonchev–Trinajstić information content (AvgIpc) is 2.34. The molecule has 1 rings (SSSR count). The Morgan fingerprint density at radius 2 is 1.95 bits per heavy atom. The third-order valence-corrected chi connectivity index (χ3v) is 2.41. The standard InChI is InChI=1S/C13H18F2N2O2/c1-17(2)9-3-8-16-12(18)10-4-6-11(7-5-10)19-13(14)15/h4-7,13H,3,8-9H2,1-2H3,(H,16,18). The first-order chi connectivity index (χ1) is 8.99. The number of hydrogen-bond acceptors (Lipinski definition) is 3. The molecule has 0 aromatic heterocycles. The number of hydrogen-bond donors (Lipinski definition) is 1. The SMILES string of the molecule is CN(C)CCCNC(=O)c1ccc(OC(F)F)cc1. The number of nitrogens with one attached hydrogen (secondary N) is 1. The molecule has 0 aliphatic heterocycles. The van der Waals surface area contributed by atoms with E-state index in [2.05, 4.69) is 10.1 Å². The number of carbonyl (C=O) groups is 1. The monoisotopic (exact) mass is 272 g/mol. The predicted octanol–water partition coefficient (Wildman–Crippen LogP) is 1.97. The first kappa shape index (κ1) is 15.4. The van der Waals surface area contributed by atoms with Gasteiger partial charge in [-0.25, -0.2) is 0 Å². The van der Waals surface area contributed by atoms with Crippen LogP contribution in [0.15, 0.2) is 24.3 Å². The molecule has 4 nitrogen and oxygen atoms in total. The summed E-state index contributed by atoms with van der Waals surface area (Å²) in [5.41, 5.74) is 0.423. The maximum absolute atomic E-state index is 11.9. The summed E-state index contributed by atoms with van der Waals surface area (Å²) in [5.74, 6) is -0.179. The number of amides is 1. The van der Waals surface area contributed by atoms with E-state index in [1.54, 1.807) is 0 Å².